The van der Waals surface area contributed by atoms with Crippen molar-refractivity contribution in [2.45, 2.75) is 13.3 Å². The summed E-state index contributed by atoms with van der Waals surface area (Å²) in [6, 6.07) is 5.32. The minimum atomic E-state index is -0.201. The second-order valence-electron chi connectivity index (χ2n) is 3.95. The van der Waals surface area contributed by atoms with Gasteiger partial charge >= 0.3 is 0 Å². The molecule has 0 bridgehead atoms. The molecule has 1 heterocycles. The van der Waals surface area contributed by atoms with E-state index in [0.717, 1.165) is 5.56 Å². The summed E-state index contributed by atoms with van der Waals surface area (Å²) in [5.41, 5.74) is 7.39. The molecule has 84 valence electrons. The van der Waals surface area contributed by atoms with Crippen molar-refractivity contribution in [3.63, 3.8) is 0 Å². The molecule has 0 atom stereocenters. The molecule has 0 aliphatic carbocycles. The average Bonchev–Trinajstić information content (AvgIpc) is 2.50. The van der Waals surface area contributed by atoms with E-state index in [-0.39, 0.29) is 11.8 Å². The number of imide groups is 1. The summed E-state index contributed by atoms with van der Waals surface area (Å²) in [5, 5.41) is 0. The number of hydrogen-bond donors (Lipinski definition) is 1. The summed E-state index contributed by atoms with van der Waals surface area (Å²) < 4.78 is 0. The molecule has 1 aromatic carbocycles. The fraction of sp³-hybridized carbons (Fsp3) is 0.333. The topological polar surface area (TPSA) is 63.4 Å². The largest absolute Gasteiger partial charge is 0.330 e. The molecule has 0 spiro atoms. The quantitative estimate of drug-likeness (QED) is 0.768. The maximum Gasteiger partial charge on any atom is 0.261 e. The molecule has 2 N–H and O–H groups in total. The second kappa shape index (κ2) is 4.06. The van der Waals surface area contributed by atoms with Crippen molar-refractivity contribution in [3.8, 4) is 0 Å². The van der Waals surface area contributed by atoms with Crippen molar-refractivity contribution in [1.82, 2.24) is 4.90 Å². The van der Waals surface area contributed by atoms with Crippen LogP contribution in [0.2, 0.25) is 0 Å². The molecule has 0 unspecified atom stereocenters. The smallest absolute Gasteiger partial charge is 0.261 e. The van der Waals surface area contributed by atoms with Gasteiger partial charge in [-0.2, -0.15) is 0 Å². The van der Waals surface area contributed by atoms with E-state index in [4.69, 9.17) is 5.73 Å². The number of nitrogens with zero attached hydrogens (tertiary/aromatic N) is 1. The van der Waals surface area contributed by atoms with Gasteiger partial charge in [0.25, 0.3) is 11.8 Å². The molecule has 1 aromatic rings. The monoisotopic (exact) mass is 218 g/mol. The summed E-state index contributed by atoms with van der Waals surface area (Å²) >= 11 is 0. The first kappa shape index (κ1) is 10.8. The van der Waals surface area contributed by atoms with Gasteiger partial charge in [-0.25, -0.2) is 0 Å². The van der Waals surface area contributed by atoms with Crippen LogP contribution in [-0.4, -0.2) is 29.8 Å². The zero-order chi connectivity index (χ0) is 11.7. The number of fused-ring (bicyclic) bond motifs is 1. The van der Waals surface area contributed by atoms with Crippen molar-refractivity contribution < 1.29 is 9.59 Å². The fourth-order valence-corrected chi connectivity index (χ4v) is 1.86. The molecule has 0 saturated heterocycles. The van der Waals surface area contributed by atoms with Gasteiger partial charge in [-0.15, -0.1) is 0 Å². The Morgan fingerprint density at radius 2 is 1.88 bits per heavy atom. The Balaban J connectivity index is 2.33. The lowest BCUT2D eigenvalue weighted by Crippen LogP contribution is -2.31. The van der Waals surface area contributed by atoms with Crippen LogP contribution in [0, 0.1) is 6.92 Å². The van der Waals surface area contributed by atoms with E-state index in [1.807, 2.05) is 13.0 Å². The first-order valence-electron chi connectivity index (χ1n) is 5.32. The zero-order valence-electron chi connectivity index (χ0n) is 9.19. The SMILES string of the molecule is Cc1ccc2c(c1)C(=O)N(CCCN)C2=O. The predicted molar refractivity (Wildman–Crippen MR) is 60.2 cm³/mol. The molecule has 1 aliphatic heterocycles. The Morgan fingerprint density at radius 1 is 1.19 bits per heavy atom. The molecule has 4 nitrogen and oxygen atoms in total. The van der Waals surface area contributed by atoms with Gasteiger partial charge in [-0.05, 0) is 32.0 Å². The van der Waals surface area contributed by atoms with Crippen molar-refractivity contribution in [2.24, 2.45) is 5.73 Å². The molecular weight excluding hydrogens is 204 g/mol. The van der Waals surface area contributed by atoms with Crippen LogP contribution in [-0.2, 0) is 0 Å². The van der Waals surface area contributed by atoms with Gasteiger partial charge in [-0.3, -0.25) is 14.5 Å². The number of carbonyl (C=O) groups excluding carboxylic acids is 2. The third-order valence-corrected chi connectivity index (χ3v) is 2.71. The third-order valence-electron chi connectivity index (χ3n) is 2.71. The van der Waals surface area contributed by atoms with Crippen LogP contribution in [0.15, 0.2) is 18.2 Å². The van der Waals surface area contributed by atoms with Gasteiger partial charge in [-0.1, -0.05) is 11.6 Å². The van der Waals surface area contributed by atoms with Gasteiger partial charge in [0, 0.05) is 6.54 Å². The summed E-state index contributed by atoms with van der Waals surface area (Å²) in [6.45, 7) is 2.79. The van der Waals surface area contributed by atoms with Gasteiger partial charge in [0.1, 0.15) is 0 Å². The number of nitrogens with two attached hydrogens (primary N) is 1. The van der Waals surface area contributed by atoms with Crippen molar-refractivity contribution in [3.05, 3.63) is 34.9 Å². The van der Waals surface area contributed by atoms with Gasteiger partial charge in [0.2, 0.25) is 0 Å². The molecule has 16 heavy (non-hydrogen) atoms. The van der Waals surface area contributed by atoms with Crippen molar-refractivity contribution in [2.75, 3.05) is 13.1 Å². The molecule has 0 aromatic heterocycles. The normalized spacial score (nSPS) is 14.5. The van der Waals surface area contributed by atoms with Crippen molar-refractivity contribution >= 4 is 11.8 Å². The number of rotatable bonds is 3. The molecule has 0 fully saturated rings. The van der Waals surface area contributed by atoms with E-state index >= 15 is 0 Å². The summed E-state index contributed by atoms with van der Waals surface area (Å²) in [6.07, 6.45) is 0.643. The molecular formula is C12H14N2O2. The number of amides is 2. The highest BCUT2D eigenvalue weighted by Gasteiger charge is 2.34. The Bertz CT molecular complexity index is 454. The van der Waals surface area contributed by atoms with Crippen LogP contribution in [0.1, 0.15) is 32.7 Å². The number of carbonyl (C=O) groups is 2. The van der Waals surface area contributed by atoms with Gasteiger partial charge < -0.3 is 5.73 Å². The van der Waals surface area contributed by atoms with Crippen LogP contribution in [0.3, 0.4) is 0 Å². The number of aryl methyl sites for hydroxylation is 1. The van der Waals surface area contributed by atoms with Crippen LogP contribution < -0.4 is 5.73 Å². The highest BCUT2D eigenvalue weighted by molar-refractivity contribution is 6.21. The lowest BCUT2D eigenvalue weighted by Gasteiger charge is -2.12. The van der Waals surface area contributed by atoms with E-state index in [1.54, 1.807) is 12.1 Å². The molecule has 2 rings (SSSR count). The Morgan fingerprint density at radius 3 is 2.56 bits per heavy atom. The summed E-state index contributed by atoms with van der Waals surface area (Å²) in [5.74, 6) is -0.398. The van der Waals surface area contributed by atoms with E-state index in [2.05, 4.69) is 0 Å². The van der Waals surface area contributed by atoms with Gasteiger partial charge in [0.05, 0.1) is 11.1 Å². The van der Waals surface area contributed by atoms with E-state index < -0.39 is 0 Å². The maximum absolute atomic E-state index is 11.9. The first-order valence-corrected chi connectivity index (χ1v) is 5.32. The first-order chi connectivity index (χ1) is 7.65. The fourth-order valence-electron chi connectivity index (χ4n) is 1.86. The molecule has 0 saturated carbocycles. The highest BCUT2D eigenvalue weighted by atomic mass is 16.2. The van der Waals surface area contributed by atoms with Crippen LogP contribution in [0.4, 0.5) is 0 Å². The highest BCUT2D eigenvalue weighted by Crippen LogP contribution is 2.23. The minimum absolute atomic E-state index is 0.197. The molecule has 2 amide bonds. The Labute approximate surface area is 94.0 Å². The van der Waals surface area contributed by atoms with Gasteiger partial charge in [0.15, 0.2) is 0 Å². The average molecular weight is 218 g/mol. The lowest BCUT2D eigenvalue weighted by atomic mass is 10.1. The Hall–Kier alpha value is -1.68. The van der Waals surface area contributed by atoms with E-state index in [0.29, 0.717) is 30.6 Å². The van der Waals surface area contributed by atoms with Crippen molar-refractivity contribution in [1.29, 1.82) is 0 Å². The molecule has 4 heteroatoms. The number of benzene rings is 1. The third kappa shape index (κ3) is 1.61. The zero-order valence-corrected chi connectivity index (χ0v) is 9.19. The summed E-state index contributed by atoms with van der Waals surface area (Å²) in [7, 11) is 0. The predicted octanol–water partition coefficient (Wildman–Crippen LogP) is 0.940. The standard InChI is InChI=1S/C12H14N2O2/c1-8-3-4-9-10(7-8)12(16)14(11(9)15)6-2-5-13/h3-4,7H,2,5-6,13H2,1H3. The van der Waals surface area contributed by atoms with Crippen LogP contribution in [0.5, 0.6) is 0 Å². The maximum atomic E-state index is 11.9. The summed E-state index contributed by atoms with van der Waals surface area (Å²) in [4.78, 5) is 25.1. The van der Waals surface area contributed by atoms with E-state index in [1.165, 1.54) is 4.90 Å². The Kier molecular flexibility index (Phi) is 2.75. The van der Waals surface area contributed by atoms with E-state index in [9.17, 15) is 9.59 Å². The number of hydrogen-bond acceptors (Lipinski definition) is 3. The van der Waals surface area contributed by atoms with Crippen LogP contribution in [0.25, 0.3) is 0 Å². The lowest BCUT2D eigenvalue weighted by molar-refractivity contribution is 0.0653. The molecule has 1 aliphatic rings. The second-order valence-corrected chi connectivity index (χ2v) is 3.95. The molecule has 0 radical (unpaired) electrons. The van der Waals surface area contributed by atoms with Crippen LogP contribution >= 0.6 is 0 Å². The minimum Gasteiger partial charge on any atom is -0.330 e.